The third-order valence-corrected chi connectivity index (χ3v) is 2.32. The number of carbonyl (C=O) groups is 1. The normalized spacial score (nSPS) is 11.0. The van der Waals surface area contributed by atoms with Crippen molar-refractivity contribution in [3.05, 3.63) is 35.5 Å². The Morgan fingerprint density at radius 3 is 3.06 bits per heavy atom. The zero-order valence-corrected chi connectivity index (χ0v) is 9.73. The highest BCUT2D eigenvalue weighted by Gasteiger charge is 2.07. The van der Waals surface area contributed by atoms with Crippen molar-refractivity contribution in [1.82, 2.24) is 10.3 Å². The molecule has 0 saturated heterocycles. The Morgan fingerprint density at radius 2 is 2.41 bits per heavy atom. The zero-order valence-electron chi connectivity index (χ0n) is 9.73. The van der Waals surface area contributed by atoms with Crippen molar-refractivity contribution in [3.8, 4) is 0 Å². The Morgan fingerprint density at radius 1 is 1.65 bits per heavy atom. The van der Waals surface area contributed by atoms with Crippen LogP contribution in [-0.2, 0) is 4.79 Å². The summed E-state index contributed by atoms with van der Waals surface area (Å²) in [4.78, 5) is 14.0. The number of carbonyl (C=O) groups excluding carboxylic acids is 1. The lowest BCUT2D eigenvalue weighted by Crippen LogP contribution is -2.12. The van der Waals surface area contributed by atoms with E-state index in [0.29, 0.717) is 36.5 Å². The van der Waals surface area contributed by atoms with Gasteiger partial charge in [-0.05, 0) is 31.1 Å². The molecule has 1 heterocycles. The van der Waals surface area contributed by atoms with Gasteiger partial charge in [0.05, 0.1) is 5.71 Å². The molecule has 5 heteroatoms. The van der Waals surface area contributed by atoms with Crippen LogP contribution in [0.1, 0.15) is 18.9 Å². The summed E-state index contributed by atoms with van der Waals surface area (Å²) in [6, 6.07) is 3.52. The molecule has 0 aliphatic carbocycles. The Labute approximate surface area is 100 Å². The first-order valence-corrected chi connectivity index (χ1v) is 5.30. The first-order valence-electron chi connectivity index (χ1n) is 5.30. The van der Waals surface area contributed by atoms with Crippen molar-refractivity contribution in [3.63, 3.8) is 0 Å². The third-order valence-electron chi connectivity index (χ3n) is 2.32. The quantitative estimate of drug-likeness (QED) is 0.390. The minimum absolute atomic E-state index is 0.358. The lowest BCUT2D eigenvalue weighted by atomic mass is 10.0. The molecule has 1 aromatic heterocycles. The average Bonchev–Trinajstić information content (AvgIpc) is 2.34. The van der Waals surface area contributed by atoms with Gasteiger partial charge in [0.1, 0.15) is 5.82 Å². The first-order chi connectivity index (χ1) is 8.16. The minimum Gasteiger partial charge on any atom is -0.383 e. The van der Waals surface area contributed by atoms with Crippen molar-refractivity contribution < 1.29 is 4.79 Å². The molecule has 5 nitrogen and oxygen atoms in total. The second-order valence-corrected chi connectivity index (χ2v) is 3.56. The molecular formula is C12H16N4O. The number of nitrogens with zero attached hydrogens (tertiary/aromatic N) is 1. The molecule has 1 aromatic rings. The predicted octanol–water partition coefficient (Wildman–Crippen LogP) is 1.11. The van der Waals surface area contributed by atoms with Gasteiger partial charge in [0.2, 0.25) is 6.41 Å². The van der Waals surface area contributed by atoms with E-state index in [9.17, 15) is 4.79 Å². The number of hydrogen-bond acceptors (Lipinski definition) is 4. The SMILES string of the molecule is C/C(=C\CCNC=O)C(=N)c1cccnc1N. The molecule has 0 spiro atoms. The highest BCUT2D eigenvalue weighted by atomic mass is 16.1. The fourth-order valence-electron chi connectivity index (χ4n) is 1.37. The lowest BCUT2D eigenvalue weighted by Gasteiger charge is -2.06. The van der Waals surface area contributed by atoms with E-state index in [0.717, 1.165) is 5.57 Å². The summed E-state index contributed by atoms with van der Waals surface area (Å²) >= 11 is 0. The van der Waals surface area contributed by atoms with E-state index in [1.54, 1.807) is 18.3 Å². The monoisotopic (exact) mass is 232 g/mol. The zero-order chi connectivity index (χ0) is 12.7. The van der Waals surface area contributed by atoms with Gasteiger partial charge in [-0.25, -0.2) is 4.98 Å². The fourth-order valence-corrected chi connectivity index (χ4v) is 1.37. The van der Waals surface area contributed by atoms with Gasteiger partial charge < -0.3 is 11.1 Å². The second-order valence-electron chi connectivity index (χ2n) is 3.56. The molecule has 4 N–H and O–H groups in total. The first kappa shape index (κ1) is 12.9. The minimum atomic E-state index is 0.358. The number of nitrogen functional groups attached to an aromatic ring is 1. The Bertz CT molecular complexity index is 440. The number of rotatable bonds is 6. The number of amides is 1. The molecule has 0 aliphatic rings. The van der Waals surface area contributed by atoms with Crippen LogP contribution in [0.15, 0.2) is 30.0 Å². The largest absolute Gasteiger partial charge is 0.383 e. The molecule has 90 valence electrons. The molecule has 1 amide bonds. The van der Waals surface area contributed by atoms with Gasteiger partial charge in [0.25, 0.3) is 0 Å². The maximum absolute atomic E-state index is 10.1. The topological polar surface area (TPSA) is 91.9 Å². The van der Waals surface area contributed by atoms with Crippen LogP contribution in [0.2, 0.25) is 0 Å². The van der Waals surface area contributed by atoms with Crippen molar-refractivity contribution in [1.29, 1.82) is 5.41 Å². The second kappa shape index (κ2) is 6.42. The Kier molecular flexibility index (Phi) is 4.87. The highest BCUT2D eigenvalue weighted by molar-refractivity contribution is 6.12. The van der Waals surface area contributed by atoms with Gasteiger partial charge in [-0.1, -0.05) is 6.08 Å². The average molecular weight is 232 g/mol. The molecule has 0 aromatic carbocycles. The van der Waals surface area contributed by atoms with Crippen LogP contribution >= 0.6 is 0 Å². The highest BCUT2D eigenvalue weighted by Crippen LogP contribution is 2.13. The van der Waals surface area contributed by atoms with Gasteiger partial charge in [-0.3, -0.25) is 10.2 Å². The Balaban J connectivity index is 2.70. The molecule has 0 fully saturated rings. The number of nitrogens with two attached hydrogens (primary N) is 1. The summed E-state index contributed by atoms with van der Waals surface area (Å²) in [6.45, 7) is 2.41. The van der Waals surface area contributed by atoms with Crippen LogP contribution in [0.5, 0.6) is 0 Å². The van der Waals surface area contributed by atoms with Crippen LogP contribution in [0.25, 0.3) is 0 Å². The van der Waals surface area contributed by atoms with Crippen molar-refractivity contribution in [2.75, 3.05) is 12.3 Å². The van der Waals surface area contributed by atoms with Crippen LogP contribution < -0.4 is 11.1 Å². The molecule has 0 saturated carbocycles. The molecule has 0 bridgehead atoms. The van der Waals surface area contributed by atoms with Crippen molar-refractivity contribution >= 4 is 17.9 Å². The summed E-state index contributed by atoms with van der Waals surface area (Å²) in [7, 11) is 0. The number of hydrogen-bond donors (Lipinski definition) is 3. The number of aromatic nitrogens is 1. The predicted molar refractivity (Wildman–Crippen MR) is 67.9 cm³/mol. The van der Waals surface area contributed by atoms with Crippen LogP contribution in [0.3, 0.4) is 0 Å². The van der Waals surface area contributed by atoms with E-state index in [1.807, 2.05) is 13.0 Å². The summed E-state index contributed by atoms with van der Waals surface area (Å²) < 4.78 is 0. The summed E-state index contributed by atoms with van der Waals surface area (Å²) in [5, 5.41) is 10.5. The lowest BCUT2D eigenvalue weighted by molar-refractivity contribution is -0.109. The van der Waals surface area contributed by atoms with Crippen molar-refractivity contribution in [2.45, 2.75) is 13.3 Å². The molecule has 0 unspecified atom stereocenters. The van der Waals surface area contributed by atoms with Gasteiger partial charge in [0.15, 0.2) is 0 Å². The number of nitrogens with one attached hydrogen (secondary N) is 2. The van der Waals surface area contributed by atoms with Crippen molar-refractivity contribution in [2.24, 2.45) is 0 Å². The smallest absolute Gasteiger partial charge is 0.207 e. The van der Waals surface area contributed by atoms with Crippen LogP contribution in [-0.4, -0.2) is 23.7 Å². The standard InChI is InChI=1S/C12H16N4O/c1-9(4-2-6-15-8-17)11(13)10-5-3-7-16-12(10)14/h3-5,7-8,13H,2,6H2,1H3,(H2,14,16)(H,15,17)/b9-4+,13-11?. The van der Waals surface area contributed by atoms with Gasteiger partial charge in [-0.2, -0.15) is 0 Å². The third kappa shape index (κ3) is 3.71. The molecule has 1 rings (SSSR count). The van der Waals surface area contributed by atoms with E-state index in [4.69, 9.17) is 11.1 Å². The van der Waals surface area contributed by atoms with E-state index < -0.39 is 0 Å². The van der Waals surface area contributed by atoms with E-state index in [1.165, 1.54) is 0 Å². The Hall–Kier alpha value is -2.17. The number of allylic oxidation sites excluding steroid dienone is 1. The van der Waals surface area contributed by atoms with E-state index in [2.05, 4.69) is 10.3 Å². The fraction of sp³-hybridized carbons (Fsp3) is 0.250. The van der Waals surface area contributed by atoms with Gasteiger partial charge in [-0.15, -0.1) is 0 Å². The number of anilines is 1. The molecule has 0 aliphatic heterocycles. The molecule has 0 radical (unpaired) electrons. The van der Waals surface area contributed by atoms with Crippen LogP contribution in [0, 0.1) is 5.41 Å². The maximum atomic E-state index is 10.1. The van der Waals surface area contributed by atoms with E-state index >= 15 is 0 Å². The van der Waals surface area contributed by atoms with Gasteiger partial charge in [0, 0.05) is 18.3 Å². The van der Waals surface area contributed by atoms with E-state index in [-0.39, 0.29) is 0 Å². The molecular weight excluding hydrogens is 216 g/mol. The molecule has 0 atom stereocenters. The van der Waals surface area contributed by atoms with Crippen LogP contribution in [0.4, 0.5) is 5.82 Å². The molecule has 17 heavy (non-hydrogen) atoms. The summed E-state index contributed by atoms with van der Waals surface area (Å²) in [5.41, 5.74) is 7.51. The maximum Gasteiger partial charge on any atom is 0.207 e. The summed E-state index contributed by atoms with van der Waals surface area (Å²) in [6.07, 6.45) is 4.84. The summed E-state index contributed by atoms with van der Waals surface area (Å²) in [5.74, 6) is 0.358. The number of pyridine rings is 1. The van der Waals surface area contributed by atoms with Gasteiger partial charge >= 0.3 is 0 Å².